The zero-order chi connectivity index (χ0) is 17.4. The number of thiophene rings is 1. The highest BCUT2D eigenvalue weighted by atomic mass is 32.1. The fourth-order valence-corrected chi connectivity index (χ4v) is 5.49. The Balaban J connectivity index is 1.35. The lowest BCUT2D eigenvalue weighted by atomic mass is 9.92. The molecule has 0 N–H and O–H groups in total. The van der Waals surface area contributed by atoms with Crippen LogP contribution in [-0.4, -0.2) is 46.9 Å². The summed E-state index contributed by atoms with van der Waals surface area (Å²) >= 11 is 3.08. The standard InChI is InChI=1S/C18H20N4OS2/c1-21(12-15-20-5-9-24-15)14-10-18(14)3-6-22(7-4-18)17(23)16-13(11-19)2-8-25-16/h2,5,8-9,14H,3-4,6-7,10,12H2,1H3. The smallest absolute Gasteiger partial charge is 0.265 e. The second kappa shape index (κ2) is 6.52. The Morgan fingerprint density at radius 2 is 2.24 bits per heavy atom. The van der Waals surface area contributed by atoms with Crippen molar-refractivity contribution in [2.24, 2.45) is 5.41 Å². The largest absolute Gasteiger partial charge is 0.338 e. The lowest BCUT2D eigenvalue weighted by Crippen LogP contribution is -2.41. The van der Waals surface area contributed by atoms with Crippen molar-refractivity contribution in [2.75, 3.05) is 20.1 Å². The number of hydrogen-bond donors (Lipinski definition) is 0. The maximum Gasteiger partial charge on any atom is 0.265 e. The summed E-state index contributed by atoms with van der Waals surface area (Å²) in [7, 11) is 2.18. The molecule has 1 spiro atoms. The molecule has 2 aliphatic rings. The van der Waals surface area contributed by atoms with E-state index in [-0.39, 0.29) is 5.91 Å². The van der Waals surface area contributed by atoms with Crippen molar-refractivity contribution < 1.29 is 4.79 Å². The Hall–Kier alpha value is -1.75. The third kappa shape index (κ3) is 3.10. The predicted molar refractivity (Wildman–Crippen MR) is 98.6 cm³/mol. The first kappa shape index (κ1) is 16.7. The normalized spacial score (nSPS) is 21.5. The minimum Gasteiger partial charge on any atom is -0.338 e. The van der Waals surface area contributed by atoms with E-state index in [0.29, 0.717) is 21.9 Å². The molecule has 0 aromatic carbocycles. The molecule has 7 heteroatoms. The molecule has 1 unspecified atom stereocenters. The number of carbonyl (C=O) groups excluding carboxylic acids is 1. The van der Waals surface area contributed by atoms with E-state index in [4.69, 9.17) is 5.26 Å². The Kier molecular flexibility index (Phi) is 4.36. The quantitative estimate of drug-likeness (QED) is 0.827. The van der Waals surface area contributed by atoms with Gasteiger partial charge in [0.2, 0.25) is 0 Å². The van der Waals surface area contributed by atoms with Gasteiger partial charge in [-0.15, -0.1) is 22.7 Å². The van der Waals surface area contributed by atoms with Crippen molar-refractivity contribution in [3.8, 4) is 6.07 Å². The Morgan fingerprint density at radius 1 is 1.44 bits per heavy atom. The molecule has 130 valence electrons. The highest BCUT2D eigenvalue weighted by molar-refractivity contribution is 7.12. The van der Waals surface area contributed by atoms with Crippen LogP contribution >= 0.6 is 22.7 Å². The van der Waals surface area contributed by atoms with E-state index >= 15 is 0 Å². The van der Waals surface area contributed by atoms with Gasteiger partial charge in [-0.25, -0.2) is 4.98 Å². The van der Waals surface area contributed by atoms with Crippen LogP contribution in [0.2, 0.25) is 0 Å². The number of hydrogen-bond acceptors (Lipinski definition) is 6. The van der Waals surface area contributed by atoms with Crippen molar-refractivity contribution >= 4 is 28.6 Å². The van der Waals surface area contributed by atoms with Crippen molar-refractivity contribution in [3.05, 3.63) is 38.5 Å². The van der Waals surface area contributed by atoms with Gasteiger partial charge in [0.1, 0.15) is 16.0 Å². The van der Waals surface area contributed by atoms with Gasteiger partial charge in [-0.2, -0.15) is 5.26 Å². The van der Waals surface area contributed by atoms with Crippen LogP contribution < -0.4 is 0 Å². The fraction of sp³-hybridized carbons (Fsp3) is 0.500. The van der Waals surface area contributed by atoms with Gasteiger partial charge in [-0.3, -0.25) is 9.69 Å². The second-order valence-electron chi connectivity index (χ2n) is 6.99. The molecule has 0 bridgehead atoms. The van der Waals surface area contributed by atoms with Gasteiger partial charge in [-0.05, 0) is 43.2 Å². The molecule has 25 heavy (non-hydrogen) atoms. The van der Waals surface area contributed by atoms with Crippen molar-refractivity contribution in [3.63, 3.8) is 0 Å². The predicted octanol–water partition coefficient (Wildman–Crippen LogP) is 3.20. The Bertz CT molecular complexity index is 799. The number of likely N-dealkylation sites (tertiary alicyclic amines) is 1. The lowest BCUT2D eigenvalue weighted by Gasteiger charge is -2.34. The monoisotopic (exact) mass is 372 g/mol. The summed E-state index contributed by atoms with van der Waals surface area (Å²) in [5, 5.41) is 14.1. The van der Waals surface area contributed by atoms with Gasteiger partial charge in [0.15, 0.2) is 0 Å². The van der Waals surface area contributed by atoms with Gasteiger partial charge >= 0.3 is 0 Å². The average Bonchev–Trinajstić information content (AvgIpc) is 3.01. The van der Waals surface area contributed by atoms with Crippen molar-refractivity contribution in [1.29, 1.82) is 5.26 Å². The molecule has 5 nitrogen and oxygen atoms in total. The maximum atomic E-state index is 12.7. The van der Waals surface area contributed by atoms with E-state index in [9.17, 15) is 4.79 Å². The van der Waals surface area contributed by atoms with Gasteiger partial charge in [0.05, 0.1) is 12.1 Å². The molecule has 1 aliphatic carbocycles. The Morgan fingerprint density at radius 3 is 2.92 bits per heavy atom. The molecular weight excluding hydrogens is 352 g/mol. The summed E-state index contributed by atoms with van der Waals surface area (Å²) < 4.78 is 0. The average molecular weight is 373 g/mol. The number of amides is 1. The van der Waals surface area contributed by atoms with Crippen LogP contribution in [0.15, 0.2) is 23.0 Å². The van der Waals surface area contributed by atoms with Gasteiger partial charge in [0.25, 0.3) is 5.91 Å². The first-order valence-corrected chi connectivity index (χ1v) is 10.2. The number of carbonyl (C=O) groups is 1. The van der Waals surface area contributed by atoms with E-state index in [0.717, 1.165) is 32.5 Å². The summed E-state index contributed by atoms with van der Waals surface area (Å²) in [6.45, 7) is 2.50. The number of piperidine rings is 1. The lowest BCUT2D eigenvalue weighted by molar-refractivity contribution is 0.0662. The third-order valence-corrected chi connectivity index (χ3v) is 7.24. The van der Waals surface area contributed by atoms with E-state index in [1.165, 1.54) is 22.8 Å². The van der Waals surface area contributed by atoms with Crippen LogP contribution in [0.3, 0.4) is 0 Å². The summed E-state index contributed by atoms with van der Waals surface area (Å²) in [5.41, 5.74) is 0.874. The van der Waals surface area contributed by atoms with Crippen LogP contribution in [0.25, 0.3) is 0 Å². The van der Waals surface area contributed by atoms with Crippen molar-refractivity contribution in [1.82, 2.24) is 14.8 Å². The molecule has 1 aliphatic heterocycles. The molecule has 2 aromatic rings. The van der Waals surface area contributed by atoms with E-state index in [1.54, 1.807) is 17.4 Å². The number of nitriles is 1. The zero-order valence-corrected chi connectivity index (χ0v) is 15.8. The molecule has 1 atom stereocenters. The summed E-state index contributed by atoms with van der Waals surface area (Å²) in [4.78, 5) is 22.0. The van der Waals surface area contributed by atoms with Crippen LogP contribution in [-0.2, 0) is 6.54 Å². The third-order valence-electron chi connectivity index (χ3n) is 5.57. The molecule has 1 amide bonds. The minimum absolute atomic E-state index is 0.0229. The highest BCUT2D eigenvalue weighted by Crippen LogP contribution is 2.56. The second-order valence-corrected chi connectivity index (χ2v) is 8.89. The first-order chi connectivity index (χ1) is 12.1. The Labute approximate surface area is 155 Å². The van der Waals surface area contributed by atoms with Crippen LogP contribution in [0, 0.1) is 16.7 Å². The topological polar surface area (TPSA) is 60.2 Å². The number of thiazole rings is 1. The number of nitrogens with zero attached hydrogens (tertiary/aromatic N) is 4. The summed E-state index contributed by atoms with van der Waals surface area (Å²) in [5.74, 6) is 0.0229. The van der Waals surface area contributed by atoms with E-state index < -0.39 is 0 Å². The minimum atomic E-state index is 0.0229. The molecule has 1 saturated heterocycles. The molecule has 1 saturated carbocycles. The maximum absolute atomic E-state index is 12.7. The number of aromatic nitrogens is 1. The molecule has 2 aromatic heterocycles. The van der Waals surface area contributed by atoms with Crippen LogP contribution in [0.4, 0.5) is 0 Å². The first-order valence-electron chi connectivity index (χ1n) is 8.48. The van der Waals surface area contributed by atoms with Crippen LogP contribution in [0.1, 0.15) is 39.5 Å². The number of rotatable bonds is 4. The van der Waals surface area contributed by atoms with Crippen LogP contribution in [0.5, 0.6) is 0 Å². The molecule has 4 rings (SSSR count). The van der Waals surface area contributed by atoms with Gasteiger partial charge < -0.3 is 4.90 Å². The summed E-state index contributed by atoms with van der Waals surface area (Å²) in [6.07, 6.45) is 5.19. The SMILES string of the molecule is CN(Cc1nccs1)C1CC12CCN(C(=O)c1sccc1C#N)CC2. The molecular formula is C18H20N4OS2. The van der Waals surface area contributed by atoms with Crippen molar-refractivity contribution in [2.45, 2.75) is 31.8 Å². The molecule has 0 radical (unpaired) electrons. The molecule has 3 heterocycles. The summed E-state index contributed by atoms with van der Waals surface area (Å²) in [6, 6.07) is 4.45. The van der Waals surface area contributed by atoms with Gasteiger partial charge in [-0.1, -0.05) is 0 Å². The van der Waals surface area contributed by atoms with E-state index in [2.05, 4.69) is 23.0 Å². The molecule has 2 fully saturated rings. The fourth-order valence-electron chi connectivity index (χ4n) is 4.00. The highest BCUT2D eigenvalue weighted by Gasteiger charge is 2.56. The van der Waals surface area contributed by atoms with Gasteiger partial charge in [0, 0.05) is 30.7 Å². The zero-order valence-electron chi connectivity index (χ0n) is 14.1. The van der Waals surface area contributed by atoms with E-state index in [1.807, 2.05) is 21.9 Å².